The smallest absolute Gasteiger partial charge is 0.359 e. The molecule has 0 fully saturated rings. The lowest BCUT2D eigenvalue weighted by Gasteiger charge is -1.95. The third-order valence-corrected chi connectivity index (χ3v) is 1.81. The molecule has 16 heavy (non-hydrogen) atoms. The van der Waals surface area contributed by atoms with Gasteiger partial charge >= 0.3 is 5.97 Å². The summed E-state index contributed by atoms with van der Waals surface area (Å²) in [6, 6.07) is 3.51. The van der Waals surface area contributed by atoms with Crippen LogP contribution in [0.2, 0.25) is 5.02 Å². The number of aliphatic carboxylic acids is 1. The van der Waals surface area contributed by atoms with Gasteiger partial charge in [-0.2, -0.15) is 5.11 Å². The maximum atomic E-state index is 12.7. The number of hydrogen-bond donors (Lipinski definition) is 2. The Balaban J connectivity index is 2.92. The number of benzene rings is 1. The highest BCUT2D eigenvalue weighted by atomic mass is 35.5. The summed E-state index contributed by atoms with van der Waals surface area (Å²) < 4.78 is 12.7. The topological polar surface area (TPSA) is 82.2 Å². The highest BCUT2D eigenvalue weighted by molar-refractivity contribution is 6.30. The van der Waals surface area contributed by atoms with E-state index in [9.17, 15) is 9.18 Å². The van der Waals surface area contributed by atoms with Crippen molar-refractivity contribution >= 4 is 23.3 Å². The van der Waals surface area contributed by atoms with Crippen LogP contribution in [0.3, 0.4) is 0 Å². The molecular formula is C9H6ClFN2O3. The highest BCUT2D eigenvalue weighted by Gasteiger charge is 2.05. The molecule has 7 heteroatoms. The van der Waals surface area contributed by atoms with Crippen molar-refractivity contribution in [1.29, 1.82) is 0 Å². The number of halogens is 2. The average Bonchev–Trinajstić information content (AvgIpc) is 2.23. The van der Waals surface area contributed by atoms with Crippen LogP contribution in [-0.4, -0.2) is 16.2 Å². The zero-order valence-electron chi connectivity index (χ0n) is 7.76. The zero-order valence-corrected chi connectivity index (χ0v) is 8.52. The minimum atomic E-state index is -1.43. The monoisotopic (exact) mass is 244 g/mol. The van der Waals surface area contributed by atoms with E-state index < -0.39 is 17.5 Å². The first-order chi connectivity index (χ1) is 7.54. The van der Waals surface area contributed by atoms with Gasteiger partial charge < -0.3 is 10.2 Å². The van der Waals surface area contributed by atoms with Gasteiger partial charge in [0.05, 0.1) is 10.7 Å². The van der Waals surface area contributed by atoms with Crippen LogP contribution in [0.1, 0.15) is 0 Å². The maximum absolute atomic E-state index is 12.7. The van der Waals surface area contributed by atoms with Crippen molar-refractivity contribution in [1.82, 2.24) is 0 Å². The van der Waals surface area contributed by atoms with E-state index in [-0.39, 0.29) is 10.7 Å². The number of carboxylic acid groups (broad SMARTS) is 1. The molecule has 5 nitrogen and oxygen atoms in total. The van der Waals surface area contributed by atoms with Gasteiger partial charge in [-0.25, -0.2) is 9.18 Å². The van der Waals surface area contributed by atoms with E-state index >= 15 is 0 Å². The molecule has 0 aliphatic rings. The van der Waals surface area contributed by atoms with Crippen LogP contribution in [0.5, 0.6) is 0 Å². The molecule has 2 N–H and O–H groups in total. The number of rotatable bonds is 3. The molecule has 0 saturated carbocycles. The summed E-state index contributed by atoms with van der Waals surface area (Å²) in [4.78, 5) is 10.4. The normalized spacial score (nSPS) is 12.0. The third kappa shape index (κ3) is 3.03. The predicted octanol–water partition coefficient (Wildman–Crippen LogP) is 3.05. The van der Waals surface area contributed by atoms with Crippen molar-refractivity contribution in [3.63, 3.8) is 0 Å². The quantitative estimate of drug-likeness (QED) is 0.487. The molecule has 0 aliphatic carbocycles. The van der Waals surface area contributed by atoms with Crippen LogP contribution >= 0.6 is 11.6 Å². The molecular weight excluding hydrogens is 239 g/mol. The van der Waals surface area contributed by atoms with E-state index in [2.05, 4.69) is 10.2 Å². The van der Waals surface area contributed by atoms with Crippen molar-refractivity contribution in [3.8, 4) is 0 Å². The lowest BCUT2D eigenvalue weighted by atomic mass is 10.3. The summed E-state index contributed by atoms with van der Waals surface area (Å²) >= 11 is 5.47. The Kier molecular flexibility index (Phi) is 3.96. The molecule has 1 rings (SSSR count). The number of hydrogen-bond acceptors (Lipinski definition) is 4. The average molecular weight is 245 g/mol. The van der Waals surface area contributed by atoms with Crippen LogP contribution in [0.15, 0.2) is 40.4 Å². The number of aliphatic hydroxyl groups excluding tert-OH is 1. The van der Waals surface area contributed by atoms with E-state index in [1.165, 1.54) is 12.1 Å². The van der Waals surface area contributed by atoms with Gasteiger partial charge in [-0.15, -0.1) is 5.11 Å². The van der Waals surface area contributed by atoms with E-state index in [0.29, 0.717) is 6.26 Å². The standard InChI is InChI=1S/C9H6ClFN2O3/c10-6-3-5(1-2-7(6)11)12-13-8(4-14)9(15)16/h1-4,14H,(H,15,16). The summed E-state index contributed by atoms with van der Waals surface area (Å²) in [5.74, 6) is -2.05. The van der Waals surface area contributed by atoms with Gasteiger partial charge in [-0.05, 0) is 18.2 Å². The maximum Gasteiger partial charge on any atom is 0.359 e. The molecule has 0 aliphatic heterocycles. The Morgan fingerprint density at radius 3 is 2.69 bits per heavy atom. The second-order valence-electron chi connectivity index (χ2n) is 2.62. The van der Waals surface area contributed by atoms with E-state index in [1.807, 2.05) is 0 Å². The van der Waals surface area contributed by atoms with Gasteiger partial charge in [0, 0.05) is 0 Å². The van der Waals surface area contributed by atoms with Crippen LogP contribution in [0.4, 0.5) is 10.1 Å². The van der Waals surface area contributed by atoms with Crippen LogP contribution < -0.4 is 0 Å². The molecule has 0 bridgehead atoms. The summed E-state index contributed by atoms with van der Waals surface area (Å²) in [6.07, 6.45) is 0.303. The molecule has 0 spiro atoms. The Morgan fingerprint density at radius 2 is 2.19 bits per heavy atom. The first-order valence-corrected chi connectivity index (χ1v) is 4.37. The number of nitrogens with zero attached hydrogens (tertiary/aromatic N) is 2. The van der Waals surface area contributed by atoms with Gasteiger partial charge in [0.2, 0.25) is 5.70 Å². The van der Waals surface area contributed by atoms with Crippen LogP contribution in [0, 0.1) is 5.82 Å². The highest BCUT2D eigenvalue weighted by Crippen LogP contribution is 2.22. The van der Waals surface area contributed by atoms with Crippen molar-refractivity contribution in [3.05, 3.63) is 41.0 Å². The first kappa shape index (κ1) is 12.1. The lowest BCUT2D eigenvalue weighted by Crippen LogP contribution is -1.96. The molecule has 0 unspecified atom stereocenters. The van der Waals surface area contributed by atoms with Gasteiger partial charge in [0.25, 0.3) is 0 Å². The molecule has 0 amide bonds. The lowest BCUT2D eigenvalue weighted by molar-refractivity contribution is -0.132. The molecule has 1 aromatic rings. The summed E-state index contributed by atoms with van der Waals surface area (Å²) in [6.45, 7) is 0. The summed E-state index contributed by atoms with van der Waals surface area (Å²) in [5.41, 5.74) is -0.465. The Morgan fingerprint density at radius 1 is 1.50 bits per heavy atom. The molecule has 0 atom stereocenters. The Labute approximate surface area is 94.5 Å². The number of carboxylic acids is 1. The minimum absolute atomic E-state index is 0.152. The Hall–Kier alpha value is -1.95. The molecule has 0 heterocycles. The zero-order chi connectivity index (χ0) is 12.1. The van der Waals surface area contributed by atoms with Crippen molar-refractivity contribution in [2.45, 2.75) is 0 Å². The van der Waals surface area contributed by atoms with E-state index in [4.69, 9.17) is 21.8 Å². The number of carbonyl (C=O) groups is 1. The molecule has 0 radical (unpaired) electrons. The molecule has 0 saturated heterocycles. The second-order valence-corrected chi connectivity index (χ2v) is 3.03. The number of azo groups is 1. The van der Waals surface area contributed by atoms with Crippen molar-refractivity contribution in [2.24, 2.45) is 10.2 Å². The second kappa shape index (κ2) is 5.22. The fourth-order valence-electron chi connectivity index (χ4n) is 0.783. The molecule has 84 valence electrons. The van der Waals surface area contributed by atoms with Crippen molar-refractivity contribution in [2.75, 3.05) is 0 Å². The van der Waals surface area contributed by atoms with Gasteiger partial charge in [0.1, 0.15) is 12.1 Å². The summed E-state index contributed by atoms with van der Waals surface area (Å²) in [7, 11) is 0. The van der Waals surface area contributed by atoms with E-state index in [1.54, 1.807) is 0 Å². The largest absolute Gasteiger partial charge is 0.513 e. The fourth-order valence-corrected chi connectivity index (χ4v) is 0.957. The van der Waals surface area contributed by atoms with Gasteiger partial charge in [-0.1, -0.05) is 11.6 Å². The minimum Gasteiger partial charge on any atom is -0.513 e. The Bertz CT molecular complexity index is 474. The van der Waals surface area contributed by atoms with Crippen LogP contribution in [-0.2, 0) is 4.79 Å². The van der Waals surface area contributed by atoms with E-state index in [0.717, 1.165) is 6.07 Å². The third-order valence-electron chi connectivity index (χ3n) is 1.52. The van der Waals surface area contributed by atoms with Gasteiger partial charge in [-0.3, -0.25) is 0 Å². The summed E-state index contributed by atoms with van der Waals surface area (Å²) in [5, 5.41) is 23.5. The molecule has 0 aromatic heterocycles. The molecule has 1 aromatic carbocycles. The predicted molar refractivity (Wildman–Crippen MR) is 54.3 cm³/mol. The SMILES string of the molecule is O=C(O)C(=CO)N=Nc1ccc(F)c(Cl)c1. The van der Waals surface area contributed by atoms with Crippen LogP contribution in [0.25, 0.3) is 0 Å². The van der Waals surface area contributed by atoms with Crippen molar-refractivity contribution < 1.29 is 19.4 Å². The first-order valence-electron chi connectivity index (χ1n) is 3.99. The van der Waals surface area contributed by atoms with Gasteiger partial charge in [0.15, 0.2) is 0 Å². The fraction of sp³-hybridized carbons (Fsp3) is 0. The number of aliphatic hydroxyl groups is 1.